The second-order valence-corrected chi connectivity index (χ2v) is 6.15. The minimum absolute atomic E-state index is 0.179. The predicted molar refractivity (Wildman–Crippen MR) is 85.4 cm³/mol. The fraction of sp³-hybridized carbons (Fsp3) is 0.667. The Morgan fingerprint density at radius 1 is 1.48 bits per heavy atom. The summed E-state index contributed by atoms with van der Waals surface area (Å²) in [5, 5.41) is 3.89. The van der Waals surface area contributed by atoms with Gasteiger partial charge < -0.3 is 10.1 Å². The number of nitrogens with zero attached hydrogens (tertiary/aromatic N) is 2. The highest BCUT2D eigenvalue weighted by molar-refractivity contribution is 7.99. The molecule has 118 valence electrons. The van der Waals surface area contributed by atoms with Gasteiger partial charge in [-0.3, -0.25) is 4.79 Å². The van der Waals surface area contributed by atoms with Gasteiger partial charge in [0, 0.05) is 17.6 Å². The first kappa shape index (κ1) is 17.9. The lowest BCUT2D eigenvalue weighted by atomic mass is 9.95. The monoisotopic (exact) mass is 311 g/mol. The highest BCUT2D eigenvalue weighted by atomic mass is 32.2. The predicted octanol–water partition coefficient (Wildman–Crippen LogP) is 2.59. The number of carbonyl (C=O) groups is 1. The Labute approximate surface area is 131 Å². The lowest BCUT2D eigenvalue weighted by Gasteiger charge is -2.26. The van der Waals surface area contributed by atoms with Crippen LogP contribution in [-0.2, 0) is 9.53 Å². The fourth-order valence-corrected chi connectivity index (χ4v) is 2.73. The number of esters is 1. The van der Waals surface area contributed by atoms with E-state index in [4.69, 9.17) is 4.74 Å². The number of ether oxygens (including phenoxy) is 1. The maximum atomic E-state index is 11.9. The van der Waals surface area contributed by atoms with Crippen LogP contribution in [0.3, 0.4) is 0 Å². The van der Waals surface area contributed by atoms with Gasteiger partial charge in [0.05, 0.1) is 6.61 Å². The molecule has 0 aliphatic carbocycles. The third kappa shape index (κ3) is 6.01. The zero-order valence-electron chi connectivity index (χ0n) is 13.3. The number of rotatable bonds is 9. The minimum atomic E-state index is -0.597. The molecule has 1 N–H and O–H groups in total. The van der Waals surface area contributed by atoms with Gasteiger partial charge in [-0.15, -0.1) is 0 Å². The molecule has 1 atom stereocenters. The van der Waals surface area contributed by atoms with Crippen molar-refractivity contribution in [2.24, 2.45) is 0 Å². The van der Waals surface area contributed by atoms with Crippen LogP contribution in [0.1, 0.15) is 38.8 Å². The van der Waals surface area contributed by atoms with Crippen molar-refractivity contribution in [1.82, 2.24) is 15.3 Å². The van der Waals surface area contributed by atoms with Crippen molar-refractivity contribution in [2.75, 3.05) is 19.4 Å². The van der Waals surface area contributed by atoms with Gasteiger partial charge in [0.1, 0.15) is 5.54 Å². The normalized spacial score (nSPS) is 13.7. The Balaban J connectivity index is 2.30. The molecule has 1 unspecified atom stereocenters. The average molecular weight is 311 g/mol. The first-order valence-electron chi connectivity index (χ1n) is 7.30. The second kappa shape index (κ2) is 9.00. The number of hydrogen-bond acceptors (Lipinski definition) is 6. The van der Waals surface area contributed by atoms with Crippen molar-refractivity contribution in [3.8, 4) is 0 Å². The van der Waals surface area contributed by atoms with Crippen molar-refractivity contribution >= 4 is 17.7 Å². The Morgan fingerprint density at radius 3 is 2.86 bits per heavy atom. The van der Waals surface area contributed by atoms with E-state index in [-0.39, 0.29) is 5.97 Å². The summed E-state index contributed by atoms with van der Waals surface area (Å²) in [5.74, 6) is 0.772. The molecule has 0 saturated carbocycles. The summed E-state index contributed by atoms with van der Waals surface area (Å²) in [7, 11) is 1.80. The molecule has 0 radical (unpaired) electrons. The average Bonchev–Trinajstić information content (AvgIpc) is 2.47. The molecule has 21 heavy (non-hydrogen) atoms. The maximum Gasteiger partial charge on any atom is 0.326 e. The SMILES string of the molecule is CCOC(=O)C(C)(CCCCSc1nccc(C)n1)NC. The molecule has 0 fully saturated rings. The summed E-state index contributed by atoms with van der Waals surface area (Å²) in [6, 6.07) is 1.89. The number of aryl methyl sites for hydroxylation is 1. The van der Waals surface area contributed by atoms with Gasteiger partial charge in [0.15, 0.2) is 5.16 Å². The molecule has 0 saturated heterocycles. The summed E-state index contributed by atoms with van der Waals surface area (Å²) in [6.45, 7) is 6.09. The van der Waals surface area contributed by atoms with E-state index in [1.165, 1.54) is 0 Å². The first-order valence-corrected chi connectivity index (χ1v) is 8.29. The van der Waals surface area contributed by atoms with Crippen molar-refractivity contribution in [1.29, 1.82) is 0 Å². The largest absolute Gasteiger partial charge is 0.465 e. The lowest BCUT2D eigenvalue weighted by molar-refractivity contribution is -0.150. The van der Waals surface area contributed by atoms with Crippen molar-refractivity contribution < 1.29 is 9.53 Å². The Hall–Kier alpha value is -1.14. The zero-order chi connectivity index (χ0) is 15.7. The van der Waals surface area contributed by atoms with Crippen LogP contribution in [0.2, 0.25) is 0 Å². The van der Waals surface area contributed by atoms with E-state index in [0.717, 1.165) is 35.9 Å². The fourth-order valence-electron chi connectivity index (χ4n) is 1.86. The van der Waals surface area contributed by atoms with Gasteiger partial charge >= 0.3 is 5.97 Å². The van der Waals surface area contributed by atoms with E-state index < -0.39 is 5.54 Å². The number of aromatic nitrogens is 2. The molecule has 0 spiro atoms. The summed E-state index contributed by atoms with van der Waals surface area (Å²) in [4.78, 5) is 20.5. The first-order chi connectivity index (χ1) is 10.0. The molecule has 0 bridgehead atoms. The van der Waals surface area contributed by atoms with Crippen LogP contribution in [-0.4, -0.2) is 40.9 Å². The number of thioether (sulfide) groups is 1. The smallest absolute Gasteiger partial charge is 0.326 e. The number of hydrogen-bond donors (Lipinski definition) is 1. The quantitative estimate of drug-likeness (QED) is 0.327. The highest BCUT2D eigenvalue weighted by Crippen LogP contribution is 2.19. The third-order valence-corrected chi connectivity index (χ3v) is 4.30. The molecule has 0 aliphatic heterocycles. The van der Waals surface area contributed by atoms with E-state index in [2.05, 4.69) is 15.3 Å². The maximum absolute atomic E-state index is 11.9. The van der Waals surface area contributed by atoms with Crippen LogP contribution >= 0.6 is 11.8 Å². The third-order valence-electron chi connectivity index (χ3n) is 3.35. The molecule has 5 nitrogen and oxygen atoms in total. The molecule has 1 heterocycles. The van der Waals surface area contributed by atoms with Crippen LogP contribution < -0.4 is 5.32 Å². The van der Waals surface area contributed by atoms with Crippen LogP contribution in [0.5, 0.6) is 0 Å². The summed E-state index contributed by atoms with van der Waals surface area (Å²) < 4.78 is 5.11. The summed E-state index contributed by atoms with van der Waals surface area (Å²) >= 11 is 1.65. The van der Waals surface area contributed by atoms with Crippen LogP contribution in [0.4, 0.5) is 0 Å². The van der Waals surface area contributed by atoms with Gasteiger partial charge in [-0.1, -0.05) is 18.2 Å². The molecule has 6 heteroatoms. The van der Waals surface area contributed by atoms with E-state index >= 15 is 0 Å². The van der Waals surface area contributed by atoms with Crippen LogP contribution in [0, 0.1) is 6.92 Å². The Bertz CT molecular complexity index is 456. The summed E-state index contributed by atoms with van der Waals surface area (Å²) in [5.41, 5.74) is 0.387. The van der Waals surface area contributed by atoms with E-state index in [1.807, 2.05) is 26.8 Å². The molecular weight excluding hydrogens is 286 g/mol. The van der Waals surface area contributed by atoms with E-state index in [1.54, 1.807) is 25.0 Å². The van der Waals surface area contributed by atoms with Gasteiger partial charge in [-0.05, 0) is 46.7 Å². The minimum Gasteiger partial charge on any atom is -0.465 e. The molecule has 0 aliphatic rings. The topological polar surface area (TPSA) is 64.1 Å². The van der Waals surface area contributed by atoms with Crippen LogP contribution in [0.15, 0.2) is 17.4 Å². The Morgan fingerprint density at radius 2 is 2.24 bits per heavy atom. The Kier molecular flexibility index (Phi) is 7.67. The van der Waals surface area contributed by atoms with Gasteiger partial charge in [-0.25, -0.2) is 9.97 Å². The van der Waals surface area contributed by atoms with Crippen molar-refractivity contribution in [3.05, 3.63) is 18.0 Å². The highest BCUT2D eigenvalue weighted by Gasteiger charge is 2.32. The zero-order valence-corrected chi connectivity index (χ0v) is 14.1. The van der Waals surface area contributed by atoms with Gasteiger partial charge in [-0.2, -0.15) is 0 Å². The van der Waals surface area contributed by atoms with Crippen molar-refractivity contribution in [2.45, 2.75) is 50.7 Å². The van der Waals surface area contributed by atoms with Gasteiger partial charge in [0.2, 0.25) is 0 Å². The van der Waals surface area contributed by atoms with Crippen molar-refractivity contribution in [3.63, 3.8) is 0 Å². The molecule has 1 rings (SSSR count). The van der Waals surface area contributed by atoms with E-state index in [9.17, 15) is 4.79 Å². The number of unbranched alkanes of at least 4 members (excludes halogenated alkanes) is 1. The van der Waals surface area contributed by atoms with Crippen LogP contribution in [0.25, 0.3) is 0 Å². The molecule has 1 aromatic rings. The lowest BCUT2D eigenvalue weighted by Crippen LogP contribution is -2.48. The standard InChI is InChI=1S/C15H25N3O2S/c1-5-20-13(19)15(3,16-4)9-6-7-11-21-14-17-10-8-12(2)18-14/h8,10,16H,5-7,9,11H2,1-4H3. The number of nitrogens with one attached hydrogen (secondary N) is 1. The van der Waals surface area contributed by atoms with E-state index in [0.29, 0.717) is 6.61 Å². The summed E-state index contributed by atoms with van der Waals surface area (Å²) in [6.07, 6.45) is 4.51. The number of likely N-dealkylation sites (N-methyl/N-ethyl adjacent to an activating group) is 1. The molecule has 1 aromatic heterocycles. The number of carbonyl (C=O) groups excluding carboxylic acids is 1. The molecule has 0 aromatic carbocycles. The van der Waals surface area contributed by atoms with Gasteiger partial charge in [0.25, 0.3) is 0 Å². The second-order valence-electron chi connectivity index (χ2n) is 5.09. The molecular formula is C15H25N3O2S. The molecule has 0 amide bonds.